The van der Waals surface area contributed by atoms with Gasteiger partial charge >= 0.3 is 0 Å². The van der Waals surface area contributed by atoms with E-state index >= 15 is 0 Å². The lowest BCUT2D eigenvalue weighted by atomic mass is 10.1. The van der Waals surface area contributed by atoms with E-state index in [1.165, 1.54) is 6.07 Å². The molecule has 152 valence electrons. The van der Waals surface area contributed by atoms with Crippen LogP contribution >= 0.6 is 0 Å². The number of carbonyl (C=O) groups is 1. The summed E-state index contributed by atoms with van der Waals surface area (Å²) in [6.45, 7) is 9.87. The quantitative estimate of drug-likeness (QED) is 0.474. The van der Waals surface area contributed by atoms with E-state index in [1.54, 1.807) is 18.4 Å². The van der Waals surface area contributed by atoms with Crippen molar-refractivity contribution in [2.24, 2.45) is 0 Å². The number of benzene rings is 1. The predicted octanol–water partition coefficient (Wildman–Crippen LogP) is 3.82. The van der Waals surface area contributed by atoms with E-state index in [9.17, 15) is 14.9 Å². The van der Waals surface area contributed by atoms with Crippen LogP contribution in [0.2, 0.25) is 0 Å². The lowest BCUT2D eigenvalue weighted by Gasteiger charge is -2.28. The zero-order valence-corrected chi connectivity index (χ0v) is 16.8. The summed E-state index contributed by atoms with van der Waals surface area (Å²) in [5.74, 6) is 0.466. The van der Waals surface area contributed by atoms with Crippen molar-refractivity contribution >= 4 is 17.3 Å². The van der Waals surface area contributed by atoms with E-state index in [0.29, 0.717) is 12.2 Å². The average molecular weight is 388 g/mol. The van der Waals surface area contributed by atoms with Crippen LogP contribution in [0.5, 0.6) is 0 Å². The highest BCUT2D eigenvalue weighted by atomic mass is 16.6. The summed E-state index contributed by atoms with van der Waals surface area (Å²) < 4.78 is 5.57. The first kappa shape index (κ1) is 21.4. The van der Waals surface area contributed by atoms with Gasteiger partial charge in [0.1, 0.15) is 11.4 Å². The summed E-state index contributed by atoms with van der Waals surface area (Å²) in [6, 6.07) is 8.09. The van der Waals surface area contributed by atoms with Crippen LogP contribution in [0.4, 0.5) is 11.4 Å². The van der Waals surface area contributed by atoms with Gasteiger partial charge < -0.3 is 15.1 Å². The minimum absolute atomic E-state index is 0.0486. The Morgan fingerprint density at radius 1 is 1.25 bits per heavy atom. The van der Waals surface area contributed by atoms with Gasteiger partial charge in [-0.3, -0.25) is 19.8 Å². The molecule has 1 atom stereocenters. The Balaban J connectivity index is 2.24. The van der Waals surface area contributed by atoms with Gasteiger partial charge in [-0.1, -0.05) is 13.8 Å². The van der Waals surface area contributed by atoms with Gasteiger partial charge in [-0.2, -0.15) is 0 Å². The molecule has 1 aromatic heterocycles. The van der Waals surface area contributed by atoms with Gasteiger partial charge in [-0.25, -0.2) is 0 Å². The highest BCUT2D eigenvalue weighted by molar-refractivity contribution is 5.95. The minimum Gasteiger partial charge on any atom is -0.468 e. The van der Waals surface area contributed by atoms with Crippen molar-refractivity contribution in [3.05, 3.63) is 58.0 Å². The summed E-state index contributed by atoms with van der Waals surface area (Å²) in [4.78, 5) is 25.4. The smallest absolute Gasteiger partial charge is 0.293 e. The molecule has 0 radical (unpaired) electrons. The number of nitro benzene ring substituents is 1. The van der Waals surface area contributed by atoms with Gasteiger partial charge in [0.05, 0.1) is 17.2 Å². The number of carbonyl (C=O) groups excluding carboxylic acids is 1. The van der Waals surface area contributed by atoms with Crippen molar-refractivity contribution in [2.75, 3.05) is 25.0 Å². The van der Waals surface area contributed by atoms with Crippen molar-refractivity contribution in [2.45, 2.75) is 39.8 Å². The molecule has 2 N–H and O–H groups in total. The van der Waals surface area contributed by atoms with Gasteiger partial charge in [0.2, 0.25) is 0 Å². The fraction of sp³-hybridized carbons (Fsp3) is 0.450. The van der Waals surface area contributed by atoms with E-state index in [2.05, 4.69) is 29.4 Å². The molecule has 8 nitrogen and oxygen atoms in total. The number of nitrogens with one attached hydrogen (secondary N) is 2. The molecule has 2 aromatic rings. The van der Waals surface area contributed by atoms with Crippen molar-refractivity contribution < 1.29 is 14.1 Å². The van der Waals surface area contributed by atoms with Crippen LogP contribution < -0.4 is 10.6 Å². The second-order valence-electron chi connectivity index (χ2n) is 6.75. The highest BCUT2D eigenvalue weighted by Crippen LogP contribution is 2.28. The maximum absolute atomic E-state index is 12.2. The predicted molar refractivity (Wildman–Crippen MR) is 109 cm³/mol. The molecule has 1 heterocycles. The summed E-state index contributed by atoms with van der Waals surface area (Å²) >= 11 is 0. The standard InChI is InChI=1S/C20H28N4O4/c1-5-23(6-2)18(19-8-7-11-28-19)13-21-16-10-9-15(12-17(16)24(26)27)20(25)22-14(3)4/h7-12,14,18,21H,5-6,13H2,1-4H3,(H,22,25). The molecule has 8 heteroatoms. The van der Waals surface area contributed by atoms with Gasteiger partial charge in [-0.15, -0.1) is 0 Å². The molecule has 2 rings (SSSR count). The number of anilines is 1. The lowest BCUT2D eigenvalue weighted by molar-refractivity contribution is -0.384. The summed E-state index contributed by atoms with van der Waals surface area (Å²) in [5.41, 5.74) is 0.501. The van der Waals surface area contributed by atoms with E-state index in [0.717, 1.165) is 18.8 Å². The largest absolute Gasteiger partial charge is 0.468 e. The van der Waals surface area contributed by atoms with Crippen LogP contribution in [-0.2, 0) is 0 Å². The Morgan fingerprint density at radius 3 is 2.50 bits per heavy atom. The Bertz CT molecular complexity index is 786. The number of nitro groups is 1. The van der Waals surface area contributed by atoms with E-state index < -0.39 is 4.92 Å². The number of hydrogen-bond acceptors (Lipinski definition) is 6. The normalized spacial score (nSPS) is 12.2. The molecule has 0 spiro atoms. The molecule has 0 bridgehead atoms. The average Bonchev–Trinajstić information content (AvgIpc) is 3.18. The zero-order valence-electron chi connectivity index (χ0n) is 16.8. The number of nitrogens with zero attached hydrogens (tertiary/aromatic N) is 2. The fourth-order valence-electron chi connectivity index (χ4n) is 3.08. The second kappa shape index (κ2) is 9.89. The first-order chi connectivity index (χ1) is 13.4. The molecule has 1 unspecified atom stereocenters. The van der Waals surface area contributed by atoms with Gasteiger partial charge in [0.15, 0.2) is 0 Å². The van der Waals surface area contributed by atoms with Crippen molar-refractivity contribution in [3.63, 3.8) is 0 Å². The third-order valence-electron chi connectivity index (χ3n) is 4.49. The molecule has 0 saturated carbocycles. The monoisotopic (exact) mass is 388 g/mol. The lowest BCUT2D eigenvalue weighted by Crippen LogP contribution is -2.33. The van der Waals surface area contributed by atoms with Crippen LogP contribution in [0.15, 0.2) is 41.0 Å². The molecule has 0 fully saturated rings. The molecule has 28 heavy (non-hydrogen) atoms. The number of amides is 1. The van der Waals surface area contributed by atoms with Crippen LogP contribution in [0.1, 0.15) is 49.9 Å². The number of hydrogen-bond donors (Lipinski definition) is 2. The SMILES string of the molecule is CCN(CC)C(CNc1ccc(C(=O)NC(C)C)cc1[N+](=O)[O-])c1ccco1. The zero-order chi connectivity index (χ0) is 20.7. The first-order valence-corrected chi connectivity index (χ1v) is 9.47. The molecule has 0 aliphatic rings. The Labute approximate surface area is 165 Å². The topological polar surface area (TPSA) is 101 Å². The fourth-order valence-corrected chi connectivity index (χ4v) is 3.08. The highest BCUT2D eigenvalue weighted by Gasteiger charge is 2.23. The van der Waals surface area contributed by atoms with Crippen molar-refractivity contribution in [1.82, 2.24) is 10.2 Å². The van der Waals surface area contributed by atoms with Gasteiger partial charge in [0.25, 0.3) is 11.6 Å². The second-order valence-corrected chi connectivity index (χ2v) is 6.75. The molecule has 0 saturated heterocycles. The number of likely N-dealkylation sites (N-methyl/N-ethyl adjacent to an activating group) is 1. The molecule has 0 aliphatic heterocycles. The third kappa shape index (κ3) is 5.32. The first-order valence-electron chi connectivity index (χ1n) is 9.47. The summed E-state index contributed by atoms with van der Waals surface area (Å²) in [5, 5.41) is 17.4. The molecule has 1 aromatic carbocycles. The summed E-state index contributed by atoms with van der Waals surface area (Å²) in [6.07, 6.45) is 1.62. The maximum Gasteiger partial charge on any atom is 0.293 e. The van der Waals surface area contributed by atoms with E-state index in [4.69, 9.17) is 4.42 Å². The number of rotatable bonds is 10. The molecular formula is C20H28N4O4. The third-order valence-corrected chi connectivity index (χ3v) is 4.49. The number of furan rings is 1. The van der Waals surface area contributed by atoms with E-state index in [1.807, 2.05) is 26.0 Å². The molecule has 0 aliphatic carbocycles. The van der Waals surface area contributed by atoms with Crippen LogP contribution in [0, 0.1) is 10.1 Å². The van der Waals surface area contributed by atoms with Gasteiger partial charge in [-0.05, 0) is 51.2 Å². The minimum atomic E-state index is -0.478. The Hall–Kier alpha value is -2.87. The van der Waals surface area contributed by atoms with Crippen LogP contribution in [0.3, 0.4) is 0 Å². The van der Waals surface area contributed by atoms with Gasteiger partial charge in [0, 0.05) is 24.2 Å². The Morgan fingerprint density at radius 2 is 1.96 bits per heavy atom. The molecular weight excluding hydrogens is 360 g/mol. The van der Waals surface area contributed by atoms with E-state index in [-0.39, 0.29) is 29.2 Å². The van der Waals surface area contributed by atoms with Crippen LogP contribution in [0.25, 0.3) is 0 Å². The van der Waals surface area contributed by atoms with Crippen molar-refractivity contribution in [1.29, 1.82) is 0 Å². The van der Waals surface area contributed by atoms with Crippen molar-refractivity contribution in [3.8, 4) is 0 Å². The van der Waals surface area contributed by atoms with Crippen LogP contribution in [-0.4, -0.2) is 41.4 Å². The Kier molecular flexibility index (Phi) is 7.57. The summed E-state index contributed by atoms with van der Waals surface area (Å²) in [7, 11) is 0. The molecule has 1 amide bonds. The maximum atomic E-state index is 12.2.